The van der Waals surface area contributed by atoms with Gasteiger partial charge in [0.2, 0.25) is 6.29 Å². The highest BCUT2D eigenvalue weighted by Crippen LogP contribution is 2.24. The summed E-state index contributed by atoms with van der Waals surface area (Å²) in [5.41, 5.74) is 0.358. The van der Waals surface area contributed by atoms with Crippen molar-refractivity contribution >= 4 is 11.9 Å². The molecule has 0 spiro atoms. The van der Waals surface area contributed by atoms with Crippen molar-refractivity contribution in [3.8, 4) is 0 Å². The fraction of sp³-hybridized carbons (Fsp3) is 0.840. The van der Waals surface area contributed by atoms with Crippen molar-refractivity contribution in [1.29, 1.82) is 0 Å². The van der Waals surface area contributed by atoms with E-state index in [1.54, 1.807) is 0 Å². The van der Waals surface area contributed by atoms with E-state index < -0.39 is 24.3 Å². The van der Waals surface area contributed by atoms with Crippen LogP contribution in [0, 0.1) is 0 Å². The Balaban J connectivity index is 1.96. The number of ether oxygens (including phenoxy) is 2. The average molecular weight is 425 g/mol. The molecule has 0 saturated carbocycles. The highest BCUT2D eigenvalue weighted by molar-refractivity contribution is 5.86. The summed E-state index contributed by atoms with van der Waals surface area (Å²) in [4.78, 5) is 22.6. The maximum atomic E-state index is 11.3. The Hall–Kier alpha value is -1.36. The number of hydrogen-bond donors (Lipinski definition) is 1. The first-order chi connectivity index (χ1) is 14.5. The van der Waals surface area contributed by atoms with Crippen molar-refractivity contribution in [3.63, 3.8) is 0 Å². The van der Waals surface area contributed by atoms with Crippen LogP contribution < -0.4 is 0 Å². The summed E-state index contributed by atoms with van der Waals surface area (Å²) >= 11 is 0. The molecule has 1 rings (SSSR count). The van der Waals surface area contributed by atoms with Gasteiger partial charge in [0.15, 0.2) is 0 Å². The lowest BCUT2D eigenvalue weighted by Gasteiger charge is -2.19. The van der Waals surface area contributed by atoms with E-state index in [9.17, 15) is 14.7 Å². The van der Waals surface area contributed by atoms with Crippen LogP contribution >= 0.6 is 0 Å². The van der Waals surface area contributed by atoms with E-state index in [0.717, 1.165) is 12.8 Å². The van der Waals surface area contributed by atoms with Crippen LogP contribution in [0.25, 0.3) is 0 Å². The van der Waals surface area contributed by atoms with E-state index in [1.165, 1.54) is 103 Å². The molecule has 1 aliphatic rings. The zero-order chi connectivity index (χ0) is 22.0. The second kappa shape index (κ2) is 17.3. The van der Waals surface area contributed by atoms with Crippen molar-refractivity contribution in [2.45, 2.75) is 135 Å². The minimum atomic E-state index is -1.29. The van der Waals surface area contributed by atoms with Crippen LogP contribution in [0.1, 0.15) is 123 Å². The van der Waals surface area contributed by atoms with Gasteiger partial charge in [0, 0.05) is 18.6 Å². The largest absolute Gasteiger partial charge is 0.458 e. The van der Waals surface area contributed by atoms with Gasteiger partial charge in [-0.2, -0.15) is 0 Å². The fourth-order valence-electron chi connectivity index (χ4n) is 4.04. The second-order valence-corrected chi connectivity index (χ2v) is 8.62. The third kappa shape index (κ3) is 13.0. The number of aliphatic hydroxyl groups excluding tert-OH is 1. The average Bonchev–Trinajstić information content (AvgIpc) is 3.04. The molecule has 0 fully saturated rings. The highest BCUT2D eigenvalue weighted by Gasteiger charge is 2.31. The molecule has 0 aromatic rings. The van der Waals surface area contributed by atoms with Gasteiger partial charge in [-0.25, -0.2) is 4.79 Å². The fourth-order valence-corrected chi connectivity index (χ4v) is 4.04. The zero-order valence-corrected chi connectivity index (χ0v) is 19.3. The molecule has 5 heteroatoms. The van der Waals surface area contributed by atoms with Crippen LogP contribution in [0.3, 0.4) is 0 Å². The number of carbonyl (C=O) groups excluding carboxylic acids is 2. The molecular formula is C25H44O5. The summed E-state index contributed by atoms with van der Waals surface area (Å²) in [6, 6.07) is 0. The summed E-state index contributed by atoms with van der Waals surface area (Å²) in [6.45, 7) is 3.60. The van der Waals surface area contributed by atoms with E-state index >= 15 is 0 Å². The summed E-state index contributed by atoms with van der Waals surface area (Å²) in [7, 11) is 0. The summed E-state index contributed by atoms with van der Waals surface area (Å²) in [5.74, 6) is -0.995. The summed E-state index contributed by atoms with van der Waals surface area (Å²) in [6.07, 6.45) is 20.9. The number of aliphatic hydroxyl groups is 1. The second-order valence-electron chi connectivity index (χ2n) is 8.62. The molecule has 5 nitrogen and oxygen atoms in total. The molecule has 2 unspecified atom stereocenters. The van der Waals surface area contributed by atoms with Crippen LogP contribution in [0.15, 0.2) is 11.6 Å². The molecule has 2 atom stereocenters. The van der Waals surface area contributed by atoms with Crippen LogP contribution in [0.5, 0.6) is 0 Å². The molecule has 30 heavy (non-hydrogen) atoms. The summed E-state index contributed by atoms with van der Waals surface area (Å²) < 4.78 is 9.98. The van der Waals surface area contributed by atoms with E-state index in [-0.39, 0.29) is 0 Å². The maximum Gasteiger partial charge on any atom is 0.333 e. The van der Waals surface area contributed by atoms with Gasteiger partial charge in [-0.15, -0.1) is 0 Å². The van der Waals surface area contributed by atoms with Gasteiger partial charge < -0.3 is 14.6 Å². The number of hydrogen-bond acceptors (Lipinski definition) is 5. The van der Waals surface area contributed by atoms with Crippen molar-refractivity contribution in [2.75, 3.05) is 0 Å². The lowest BCUT2D eigenvalue weighted by molar-refractivity contribution is -0.153. The van der Waals surface area contributed by atoms with Crippen molar-refractivity contribution in [3.05, 3.63) is 11.6 Å². The first kappa shape index (κ1) is 26.7. The molecule has 0 radical (unpaired) electrons. The van der Waals surface area contributed by atoms with Crippen LogP contribution in [-0.2, 0) is 19.1 Å². The quantitative estimate of drug-likeness (QED) is 0.193. The van der Waals surface area contributed by atoms with E-state index in [4.69, 9.17) is 9.47 Å². The number of unbranched alkanes of at least 4 members (excludes halogenated alkanes) is 15. The molecule has 0 saturated heterocycles. The smallest absolute Gasteiger partial charge is 0.333 e. The Morgan fingerprint density at radius 3 is 1.70 bits per heavy atom. The molecule has 0 aromatic heterocycles. The zero-order valence-electron chi connectivity index (χ0n) is 19.3. The highest BCUT2D eigenvalue weighted by atomic mass is 16.6. The molecule has 0 bridgehead atoms. The van der Waals surface area contributed by atoms with Gasteiger partial charge in [-0.05, 0) is 12.8 Å². The Labute approximate surface area is 183 Å². The van der Waals surface area contributed by atoms with Crippen LogP contribution in [0.2, 0.25) is 0 Å². The Morgan fingerprint density at radius 1 is 0.900 bits per heavy atom. The molecule has 1 aliphatic heterocycles. The van der Waals surface area contributed by atoms with E-state index in [1.807, 2.05) is 0 Å². The monoisotopic (exact) mass is 424 g/mol. The molecular weight excluding hydrogens is 380 g/mol. The summed E-state index contributed by atoms with van der Waals surface area (Å²) in [5, 5.41) is 9.77. The standard InChI is InChI=1S/C25H44O5/c1-3-4-5-6-7-8-9-10-11-12-13-14-15-16-17-18-19-23(29-21(2)26)22-20-24(27)30-25(22)28/h20,23,25,28H,3-19H2,1-2H3. The van der Waals surface area contributed by atoms with Crippen LogP contribution in [0.4, 0.5) is 0 Å². The van der Waals surface area contributed by atoms with Crippen molar-refractivity contribution in [2.24, 2.45) is 0 Å². The minimum absolute atomic E-state index is 0.358. The predicted octanol–water partition coefficient (Wildman–Crippen LogP) is 6.37. The van der Waals surface area contributed by atoms with Crippen molar-refractivity contribution in [1.82, 2.24) is 0 Å². The van der Waals surface area contributed by atoms with E-state index in [0.29, 0.717) is 12.0 Å². The minimum Gasteiger partial charge on any atom is -0.458 e. The van der Waals surface area contributed by atoms with Gasteiger partial charge in [0.05, 0.1) is 0 Å². The first-order valence-corrected chi connectivity index (χ1v) is 12.3. The molecule has 174 valence electrons. The Kier molecular flexibility index (Phi) is 15.4. The predicted molar refractivity (Wildman–Crippen MR) is 120 cm³/mol. The van der Waals surface area contributed by atoms with Gasteiger partial charge in [-0.1, -0.05) is 103 Å². The number of cyclic esters (lactones) is 1. The molecule has 0 aromatic carbocycles. The molecule has 0 aliphatic carbocycles. The third-order valence-corrected chi connectivity index (χ3v) is 5.80. The van der Waals surface area contributed by atoms with Gasteiger partial charge in [0.25, 0.3) is 0 Å². The van der Waals surface area contributed by atoms with Gasteiger partial charge in [0.1, 0.15) is 6.10 Å². The SMILES string of the molecule is CCCCCCCCCCCCCCCCCCC(OC(C)=O)C1=CC(=O)OC1O. The number of rotatable bonds is 19. The molecule has 1 heterocycles. The Morgan fingerprint density at radius 2 is 1.33 bits per heavy atom. The lowest BCUT2D eigenvalue weighted by atomic mass is 10.0. The van der Waals surface area contributed by atoms with Gasteiger partial charge >= 0.3 is 11.9 Å². The first-order valence-electron chi connectivity index (χ1n) is 12.3. The topological polar surface area (TPSA) is 72.8 Å². The lowest BCUT2D eigenvalue weighted by Crippen LogP contribution is -2.25. The van der Waals surface area contributed by atoms with E-state index in [2.05, 4.69) is 6.92 Å². The van der Waals surface area contributed by atoms with Crippen molar-refractivity contribution < 1.29 is 24.2 Å². The Bertz CT molecular complexity index is 500. The normalized spacial score (nSPS) is 17.0. The molecule has 1 N–H and O–H groups in total. The van der Waals surface area contributed by atoms with Gasteiger partial charge in [-0.3, -0.25) is 4.79 Å². The maximum absolute atomic E-state index is 11.3. The number of carbonyl (C=O) groups is 2. The van der Waals surface area contributed by atoms with Crippen LogP contribution in [-0.4, -0.2) is 29.4 Å². The third-order valence-electron chi connectivity index (χ3n) is 5.80. The number of esters is 2. The molecule has 0 amide bonds.